The molecule has 4 rings (SSSR count). The molecule has 0 spiro atoms. The zero-order valence-electron chi connectivity index (χ0n) is 13.9. The minimum absolute atomic E-state index is 0.195. The molecule has 0 fully saturated rings. The number of carbonyl (C=O) groups is 1. The topological polar surface area (TPSA) is 51.2 Å². The molecular formula is C22H16N2O2. The number of carbonyl (C=O) groups excluding carboxylic acids is 1. The van der Waals surface area contributed by atoms with Crippen LogP contribution in [0.4, 0.5) is 5.69 Å². The number of anilines is 1. The van der Waals surface area contributed by atoms with Gasteiger partial charge in [0.1, 0.15) is 11.5 Å². The van der Waals surface area contributed by atoms with Crippen LogP contribution in [0.15, 0.2) is 91.1 Å². The van der Waals surface area contributed by atoms with Gasteiger partial charge in [0.2, 0.25) is 0 Å². The second kappa shape index (κ2) is 7.07. The number of nitrogens with zero attached hydrogens (tertiary/aromatic N) is 1. The largest absolute Gasteiger partial charge is 0.457 e. The van der Waals surface area contributed by atoms with E-state index in [2.05, 4.69) is 10.3 Å². The van der Waals surface area contributed by atoms with Crippen molar-refractivity contribution in [3.63, 3.8) is 0 Å². The number of fused-ring (bicyclic) bond motifs is 1. The van der Waals surface area contributed by atoms with E-state index >= 15 is 0 Å². The van der Waals surface area contributed by atoms with Crippen LogP contribution in [0.3, 0.4) is 0 Å². The molecule has 1 heterocycles. The summed E-state index contributed by atoms with van der Waals surface area (Å²) in [6.45, 7) is 0. The van der Waals surface area contributed by atoms with Crippen molar-refractivity contribution in [3.05, 3.63) is 96.7 Å². The van der Waals surface area contributed by atoms with E-state index < -0.39 is 0 Å². The van der Waals surface area contributed by atoms with E-state index in [4.69, 9.17) is 4.74 Å². The first-order valence-electron chi connectivity index (χ1n) is 8.28. The molecule has 3 aromatic carbocycles. The van der Waals surface area contributed by atoms with Gasteiger partial charge in [-0.3, -0.25) is 9.78 Å². The van der Waals surface area contributed by atoms with Crippen molar-refractivity contribution in [2.75, 3.05) is 5.32 Å². The number of hydrogen-bond acceptors (Lipinski definition) is 3. The maximum Gasteiger partial charge on any atom is 0.255 e. The van der Waals surface area contributed by atoms with Crippen LogP contribution in [-0.4, -0.2) is 10.9 Å². The minimum Gasteiger partial charge on any atom is -0.457 e. The molecule has 0 saturated carbocycles. The lowest BCUT2D eigenvalue weighted by Crippen LogP contribution is -2.12. The van der Waals surface area contributed by atoms with Crippen molar-refractivity contribution < 1.29 is 9.53 Å². The molecule has 4 heteroatoms. The van der Waals surface area contributed by atoms with Crippen LogP contribution >= 0.6 is 0 Å². The third-order valence-corrected chi connectivity index (χ3v) is 3.97. The highest BCUT2D eigenvalue weighted by atomic mass is 16.5. The molecule has 0 atom stereocenters. The zero-order valence-corrected chi connectivity index (χ0v) is 13.9. The van der Waals surface area contributed by atoms with E-state index in [0.717, 1.165) is 22.3 Å². The lowest BCUT2D eigenvalue weighted by molar-refractivity contribution is 0.102. The average molecular weight is 340 g/mol. The van der Waals surface area contributed by atoms with Crippen LogP contribution in [0.5, 0.6) is 11.5 Å². The van der Waals surface area contributed by atoms with Gasteiger partial charge >= 0.3 is 0 Å². The van der Waals surface area contributed by atoms with E-state index in [1.54, 1.807) is 24.4 Å². The SMILES string of the molecule is O=C(Nc1cccc2ncccc12)c1cccc(Oc2ccccc2)c1. The summed E-state index contributed by atoms with van der Waals surface area (Å²) < 4.78 is 5.80. The van der Waals surface area contributed by atoms with Crippen molar-refractivity contribution in [1.82, 2.24) is 4.98 Å². The Kier molecular flexibility index (Phi) is 4.31. The molecule has 1 N–H and O–H groups in total. The van der Waals surface area contributed by atoms with Crippen molar-refractivity contribution >= 4 is 22.5 Å². The van der Waals surface area contributed by atoms with Crippen LogP contribution in [0.1, 0.15) is 10.4 Å². The van der Waals surface area contributed by atoms with E-state index in [0.29, 0.717) is 11.3 Å². The van der Waals surface area contributed by atoms with E-state index in [9.17, 15) is 4.79 Å². The second-order valence-electron chi connectivity index (χ2n) is 5.77. The Bertz CT molecular complexity index is 1060. The molecule has 0 bridgehead atoms. The second-order valence-corrected chi connectivity index (χ2v) is 5.77. The zero-order chi connectivity index (χ0) is 17.8. The highest BCUT2D eigenvalue weighted by Gasteiger charge is 2.10. The number of hydrogen-bond donors (Lipinski definition) is 1. The number of nitrogens with one attached hydrogen (secondary N) is 1. The van der Waals surface area contributed by atoms with Gasteiger partial charge in [-0.1, -0.05) is 30.3 Å². The Hall–Kier alpha value is -3.66. The maximum absolute atomic E-state index is 12.7. The maximum atomic E-state index is 12.7. The lowest BCUT2D eigenvalue weighted by Gasteiger charge is -2.10. The van der Waals surface area contributed by atoms with Crippen LogP contribution < -0.4 is 10.1 Å². The predicted octanol–water partition coefficient (Wildman–Crippen LogP) is 5.28. The van der Waals surface area contributed by atoms with Gasteiger partial charge in [0.25, 0.3) is 5.91 Å². The van der Waals surface area contributed by atoms with Gasteiger partial charge in [-0.2, -0.15) is 0 Å². The Morgan fingerprint density at radius 1 is 0.808 bits per heavy atom. The summed E-state index contributed by atoms with van der Waals surface area (Å²) in [4.78, 5) is 17.0. The number of amides is 1. The summed E-state index contributed by atoms with van der Waals surface area (Å²) in [5.41, 5.74) is 2.10. The van der Waals surface area contributed by atoms with Crippen molar-refractivity contribution in [3.8, 4) is 11.5 Å². The van der Waals surface area contributed by atoms with E-state index in [-0.39, 0.29) is 5.91 Å². The first-order chi connectivity index (χ1) is 12.8. The summed E-state index contributed by atoms with van der Waals surface area (Å²) in [5.74, 6) is 1.15. The average Bonchev–Trinajstić information content (AvgIpc) is 2.69. The monoisotopic (exact) mass is 340 g/mol. The molecule has 1 amide bonds. The van der Waals surface area contributed by atoms with Gasteiger partial charge in [0, 0.05) is 17.1 Å². The van der Waals surface area contributed by atoms with E-state index in [1.165, 1.54) is 0 Å². The first kappa shape index (κ1) is 15.8. The Labute approximate surface area is 151 Å². The number of rotatable bonds is 4. The fourth-order valence-electron chi connectivity index (χ4n) is 2.73. The molecular weight excluding hydrogens is 324 g/mol. The van der Waals surface area contributed by atoms with Gasteiger partial charge in [0.05, 0.1) is 11.2 Å². The molecule has 0 unspecified atom stereocenters. The normalized spacial score (nSPS) is 10.5. The molecule has 4 nitrogen and oxygen atoms in total. The molecule has 0 aliphatic heterocycles. The molecule has 0 aliphatic rings. The summed E-state index contributed by atoms with van der Waals surface area (Å²) in [6, 6.07) is 26.0. The molecule has 126 valence electrons. The lowest BCUT2D eigenvalue weighted by atomic mass is 10.1. The number of benzene rings is 3. The third-order valence-electron chi connectivity index (χ3n) is 3.97. The van der Waals surface area contributed by atoms with Crippen LogP contribution in [0, 0.1) is 0 Å². The molecule has 1 aromatic heterocycles. The smallest absolute Gasteiger partial charge is 0.255 e. The summed E-state index contributed by atoms with van der Waals surface area (Å²) in [5, 5.41) is 3.86. The Balaban J connectivity index is 1.57. The summed E-state index contributed by atoms with van der Waals surface area (Å²) in [6.07, 6.45) is 1.73. The summed E-state index contributed by atoms with van der Waals surface area (Å²) >= 11 is 0. The number of ether oxygens (including phenoxy) is 1. The molecule has 0 aliphatic carbocycles. The Morgan fingerprint density at radius 2 is 1.62 bits per heavy atom. The van der Waals surface area contributed by atoms with Crippen molar-refractivity contribution in [1.29, 1.82) is 0 Å². The minimum atomic E-state index is -0.195. The highest BCUT2D eigenvalue weighted by Crippen LogP contribution is 2.24. The standard InChI is InChI=1S/C22H16N2O2/c25-22(24-21-13-5-12-20-19(21)11-6-14-23-20)16-7-4-10-18(15-16)26-17-8-2-1-3-9-17/h1-15H,(H,24,25). The summed E-state index contributed by atoms with van der Waals surface area (Å²) in [7, 11) is 0. The molecule has 0 radical (unpaired) electrons. The first-order valence-corrected chi connectivity index (χ1v) is 8.28. The number of pyridine rings is 1. The van der Waals surface area contributed by atoms with Gasteiger partial charge in [-0.15, -0.1) is 0 Å². The quantitative estimate of drug-likeness (QED) is 0.550. The van der Waals surface area contributed by atoms with Gasteiger partial charge in [-0.25, -0.2) is 0 Å². The highest BCUT2D eigenvalue weighted by molar-refractivity contribution is 6.08. The molecule has 26 heavy (non-hydrogen) atoms. The third kappa shape index (κ3) is 3.39. The number of aromatic nitrogens is 1. The van der Waals surface area contributed by atoms with Gasteiger partial charge < -0.3 is 10.1 Å². The van der Waals surface area contributed by atoms with Gasteiger partial charge in [0.15, 0.2) is 0 Å². The predicted molar refractivity (Wildman–Crippen MR) is 103 cm³/mol. The van der Waals surface area contributed by atoms with Crippen LogP contribution in [0.25, 0.3) is 10.9 Å². The van der Waals surface area contributed by atoms with Crippen LogP contribution in [0.2, 0.25) is 0 Å². The van der Waals surface area contributed by atoms with Gasteiger partial charge in [-0.05, 0) is 54.6 Å². The van der Waals surface area contributed by atoms with Crippen molar-refractivity contribution in [2.45, 2.75) is 0 Å². The molecule has 4 aromatic rings. The Morgan fingerprint density at radius 3 is 2.50 bits per heavy atom. The van der Waals surface area contributed by atoms with Crippen LogP contribution in [-0.2, 0) is 0 Å². The van der Waals surface area contributed by atoms with E-state index in [1.807, 2.05) is 66.7 Å². The fraction of sp³-hybridized carbons (Fsp3) is 0. The molecule has 0 saturated heterocycles. The van der Waals surface area contributed by atoms with Crippen molar-refractivity contribution in [2.24, 2.45) is 0 Å². The number of para-hydroxylation sites is 1. The fourth-order valence-corrected chi connectivity index (χ4v) is 2.73.